The summed E-state index contributed by atoms with van der Waals surface area (Å²) >= 11 is 1.50. The van der Waals surface area contributed by atoms with Crippen LogP contribution in [0, 0.1) is 11.3 Å². The summed E-state index contributed by atoms with van der Waals surface area (Å²) < 4.78 is 8.85. The van der Waals surface area contributed by atoms with Crippen LogP contribution in [0.1, 0.15) is 22.8 Å². The van der Waals surface area contributed by atoms with Crippen molar-refractivity contribution in [2.75, 3.05) is 37.9 Å². The average Bonchev–Trinajstić information content (AvgIpc) is 3.56. The highest BCUT2D eigenvalue weighted by Crippen LogP contribution is 2.31. The molecule has 2 amide bonds. The first-order valence-electron chi connectivity index (χ1n) is 12.5. The molecular formula is C26H29N9O4S. The molecule has 13 nitrogen and oxygen atoms in total. The number of hydrogen-bond donors (Lipinski definition) is 4. The minimum Gasteiger partial charge on any atom is -0.465 e. The summed E-state index contributed by atoms with van der Waals surface area (Å²) in [6, 6.07) is 7.60. The second-order valence-corrected chi connectivity index (χ2v) is 9.27. The lowest BCUT2D eigenvalue weighted by Gasteiger charge is -2.13. The van der Waals surface area contributed by atoms with Crippen molar-refractivity contribution in [3.8, 4) is 17.3 Å². The summed E-state index contributed by atoms with van der Waals surface area (Å²) in [6.45, 7) is 3.12. The Morgan fingerprint density at radius 3 is 2.73 bits per heavy atom. The third kappa shape index (κ3) is 6.68. The van der Waals surface area contributed by atoms with Crippen molar-refractivity contribution >= 4 is 40.9 Å². The van der Waals surface area contributed by atoms with E-state index >= 15 is 0 Å². The highest BCUT2D eigenvalue weighted by molar-refractivity contribution is 7.98. The second kappa shape index (κ2) is 13.5. The molecule has 0 spiro atoms. The topological polar surface area (TPSA) is 171 Å². The molecule has 0 atom stereocenters. The number of thioether (sulfide) groups is 1. The van der Waals surface area contributed by atoms with Gasteiger partial charge in [0.2, 0.25) is 0 Å². The van der Waals surface area contributed by atoms with Gasteiger partial charge in [-0.15, -0.1) is 11.8 Å². The molecule has 3 heterocycles. The van der Waals surface area contributed by atoms with E-state index in [0.717, 1.165) is 27.5 Å². The van der Waals surface area contributed by atoms with Crippen molar-refractivity contribution in [2.24, 2.45) is 0 Å². The van der Waals surface area contributed by atoms with Crippen LogP contribution in [-0.2, 0) is 17.7 Å². The fourth-order valence-electron chi connectivity index (χ4n) is 4.08. The number of carbonyl (C=O) groups excluding carboxylic acids is 1. The molecule has 0 fully saturated rings. The van der Waals surface area contributed by atoms with E-state index < -0.39 is 6.09 Å². The van der Waals surface area contributed by atoms with Crippen LogP contribution in [0.2, 0.25) is 0 Å². The maximum Gasteiger partial charge on any atom is 0.404 e. The SMILES string of the molecule is CCc1cc(Nc2nccn3c(-c4cn(CC#N)nc4SC)cnc23)ccc1C(=O)NCCOCCNC(=O)O. The van der Waals surface area contributed by atoms with Gasteiger partial charge in [0.1, 0.15) is 11.6 Å². The number of imidazole rings is 1. The molecule has 0 radical (unpaired) electrons. The second-order valence-electron chi connectivity index (χ2n) is 8.47. The number of amides is 2. The fourth-order valence-corrected chi connectivity index (χ4v) is 4.64. The van der Waals surface area contributed by atoms with Gasteiger partial charge in [-0.25, -0.2) is 14.8 Å². The molecule has 0 unspecified atom stereocenters. The smallest absolute Gasteiger partial charge is 0.404 e. The molecule has 4 N–H and O–H groups in total. The highest BCUT2D eigenvalue weighted by atomic mass is 32.2. The van der Waals surface area contributed by atoms with Gasteiger partial charge in [0.15, 0.2) is 11.5 Å². The van der Waals surface area contributed by atoms with Gasteiger partial charge >= 0.3 is 6.09 Å². The lowest BCUT2D eigenvalue weighted by molar-refractivity contribution is 0.0916. The Kier molecular flexibility index (Phi) is 9.55. The van der Waals surface area contributed by atoms with Gasteiger partial charge in [-0.1, -0.05) is 6.92 Å². The molecule has 4 rings (SSSR count). The number of aryl methyl sites for hydroxylation is 1. The van der Waals surface area contributed by atoms with Crippen LogP contribution in [0.25, 0.3) is 16.9 Å². The van der Waals surface area contributed by atoms with Crippen molar-refractivity contribution in [3.05, 3.63) is 54.1 Å². The van der Waals surface area contributed by atoms with Crippen molar-refractivity contribution in [3.63, 3.8) is 0 Å². The zero-order valence-electron chi connectivity index (χ0n) is 22.0. The van der Waals surface area contributed by atoms with Crippen molar-refractivity contribution in [2.45, 2.75) is 24.9 Å². The molecule has 0 aliphatic carbocycles. The van der Waals surface area contributed by atoms with E-state index in [4.69, 9.17) is 15.1 Å². The van der Waals surface area contributed by atoms with Crippen LogP contribution in [0.5, 0.6) is 0 Å². The van der Waals surface area contributed by atoms with Crippen molar-refractivity contribution in [1.82, 2.24) is 34.8 Å². The molecule has 14 heteroatoms. The van der Waals surface area contributed by atoms with Crippen LogP contribution in [-0.4, -0.2) is 73.8 Å². The number of anilines is 2. The Labute approximate surface area is 234 Å². The molecule has 0 aliphatic rings. The molecule has 3 aromatic heterocycles. The van der Waals surface area contributed by atoms with E-state index in [1.165, 1.54) is 11.8 Å². The maximum atomic E-state index is 12.8. The quantitative estimate of drug-likeness (QED) is 0.140. The summed E-state index contributed by atoms with van der Waals surface area (Å²) in [4.78, 5) is 32.3. The first kappa shape index (κ1) is 28.4. The van der Waals surface area contributed by atoms with E-state index in [0.29, 0.717) is 30.0 Å². The number of fused-ring (bicyclic) bond motifs is 1. The number of hydrogen-bond acceptors (Lipinski definition) is 9. The van der Waals surface area contributed by atoms with Gasteiger partial charge < -0.3 is 25.8 Å². The van der Waals surface area contributed by atoms with Crippen LogP contribution >= 0.6 is 11.8 Å². The zero-order chi connectivity index (χ0) is 28.5. The molecule has 4 aromatic rings. The highest BCUT2D eigenvalue weighted by Gasteiger charge is 2.17. The van der Waals surface area contributed by atoms with Gasteiger partial charge in [0, 0.05) is 42.9 Å². The third-order valence-corrected chi connectivity index (χ3v) is 6.59. The summed E-state index contributed by atoms with van der Waals surface area (Å²) in [6.07, 6.45) is 8.58. The van der Waals surface area contributed by atoms with E-state index in [1.807, 2.05) is 42.1 Å². The van der Waals surface area contributed by atoms with Gasteiger partial charge in [0.25, 0.3) is 5.91 Å². The number of ether oxygens (including phenoxy) is 1. The predicted molar refractivity (Wildman–Crippen MR) is 150 cm³/mol. The molecule has 40 heavy (non-hydrogen) atoms. The minimum absolute atomic E-state index is 0.159. The molecule has 0 saturated heterocycles. The first-order valence-corrected chi connectivity index (χ1v) is 13.7. The number of nitriles is 1. The first-order chi connectivity index (χ1) is 19.4. The number of nitrogens with one attached hydrogen (secondary N) is 3. The van der Waals surface area contributed by atoms with Gasteiger partial charge in [-0.3, -0.25) is 13.9 Å². The summed E-state index contributed by atoms with van der Waals surface area (Å²) in [7, 11) is 0. The number of carboxylic acid groups (broad SMARTS) is 1. The molecular weight excluding hydrogens is 534 g/mol. The van der Waals surface area contributed by atoms with Crippen LogP contribution in [0.3, 0.4) is 0 Å². The average molecular weight is 564 g/mol. The molecule has 0 aliphatic heterocycles. The van der Waals surface area contributed by atoms with Crippen molar-refractivity contribution < 1.29 is 19.4 Å². The summed E-state index contributed by atoms with van der Waals surface area (Å²) in [5.41, 5.74) is 4.51. The van der Waals surface area contributed by atoms with Gasteiger partial charge in [0.05, 0.1) is 36.7 Å². The van der Waals surface area contributed by atoms with Crippen LogP contribution in [0.4, 0.5) is 16.3 Å². The lowest BCUT2D eigenvalue weighted by Crippen LogP contribution is -2.30. The predicted octanol–water partition coefficient (Wildman–Crippen LogP) is 3.16. The zero-order valence-corrected chi connectivity index (χ0v) is 22.9. The normalized spacial score (nSPS) is 10.8. The van der Waals surface area contributed by atoms with E-state index in [-0.39, 0.29) is 32.2 Å². The molecule has 0 bridgehead atoms. The minimum atomic E-state index is -1.10. The Bertz CT molecular complexity index is 1540. The van der Waals surface area contributed by atoms with Crippen molar-refractivity contribution in [1.29, 1.82) is 5.26 Å². The summed E-state index contributed by atoms with van der Waals surface area (Å²) in [5, 5.41) is 31.2. The molecule has 208 valence electrons. The van der Waals surface area contributed by atoms with Gasteiger partial charge in [-0.05, 0) is 36.4 Å². The Balaban J connectivity index is 1.46. The van der Waals surface area contributed by atoms with Crippen LogP contribution in [0.15, 0.2) is 48.0 Å². The lowest BCUT2D eigenvalue weighted by atomic mass is 10.0. The standard InChI is InChI=1S/C26H29N9O4S/c1-3-17-14-18(4-5-19(17)24(36)29-8-12-39-13-9-30-26(37)38)32-22-23-31-15-21(35(23)11-7-28-22)20-16-34(10-6-27)33-25(20)40-2/h4-5,7,11,14-16,30H,3,8-10,12-13H2,1-2H3,(H,28,32)(H,29,36)(H,37,38). The molecule has 1 aromatic carbocycles. The fraction of sp³-hybridized carbons (Fsp3) is 0.308. The maximum absolute atomic E-state index is 12.8. The van der Waals surface area contributed by atoms with E-state index in [9.17, 15) is 9.59 Å². The van der Waals surface area contributed by atoms with Crippen LogP contribution < -0.4 is 16.0 Å². The van der Waals surface area contributed by atoms with E-state index in [2.05, 4.69) is 37.1 Å². The number of benzene rings is 1. The number of rotatable bonds is 13. The number of aromatic nitrogens is 5. The monoisotopic (exact) mass is 563 g/mol. The van der Waals surface area contributed by atoms with E-state index in [1.54, 1.807) is 23.1 Å². The number of carbonyl (C=O) groups is 2. The Hall–Kier alpha value is -4.61. The van der Waals surface area contributed by atoms with Gasteiger partial charge in [-0.2, -0.15) is 10.4 Å². The third-order valence-electron chi connectivity index (χ3n) is 5.91. The molecule has 0 saturated carbocycles. The summed E-state index contributed by atoms with van der Waals surface area (Å²) in [5.74, 6) is 0.341. The Morgan fingerprint density at radius 1 is 1.20 bits per heavy atom. The number of nitrogens with zero attached hydrogens (tertiary/aromatic N) is 6. The largest absolute Gasteiger partial charge is 0.465 e. The Morgan fingerprint density at radius 2 is 2.00 bits per heavy atom.